The number of carbonyl (C=O) groups excluding carboxylic acids is 2. The summed E-state index contributed by atoms with van der Waals surface area (Å²) in [5, 5.41) is 6.61. The molecule has 1 aliphatic carbocycles. The highest BCUT2D eigenvalue weighted by atomic mass is 32.2. The van der Waals surface area contributed by atoms with Gasteiger partial charge in [0, 0.05) is 18.2 Å². The van der Waals surface area contributed by atoms with Crippen molar-refractivity contribution in [1.29, 1.82) is 0 Å². The summed E-state index contributed by atoms with van der Waals surface area (Å²) in [7, 11) is 0. The summed E-state index contributed by atoms with van der Waals surface area (Å²) in [5.41, 5.74) is -0.798. The predicted molar refractivity (Wildman–Crippen MR) is 76.8 cm³/mol. The molecule has 1 aromatic heterocycles. The summed E-state index contributed by atoms with van der Waals surface area (Å²) >= 11 is 1.57. The van der Waals surface area contributed by atoms with E-state index in [0.717, 1.165) is 18.7 Å². The second kappa shape index (κ2) is 5.32. The molecular formula is C13H18N4O3S. The summed E-state index contributed by atoms with van der Waals surface area (Å²) in [4.78, 5) is 29.3. The lowest BCUT2D eigenvalue weighted by molar-refractivity contribution is -0.130. The van der Waals surface area contributed by atoms with E-state index in [9.17, 15) is 9.59 Å². The zero-order valence-corrected chi connectivity index (χ0v) is 12.9. The first kappa shape index (κ1) is 14.4. The molecule has 0 atom stereocenters. The highest BCUT2D eigenvalue weighted by molar-refractivity contribution is 7.98. The van der Waals surface area contributed by atoms with Crippen molar-refractivity contribution in [2.45, 2.75) is 43.9 Å². The monoisotopic (exact) mass is 310 g/mol. The Morgan fingerprint density at radius 1 is 1.43 bits per heavy atom. The maximum absolute atomic E-state index is 12.0. The Morgan fingerprint density at radius 2 is 2.19 bits per heavy atom. The van der Waals surface area contributed by atoms with Crippen molar-refractivity contribution in [3.8, 4) is 0 Å². The van der Waals surface area contributed by atoms with Crippen LogP contribution in [-0.4, -0.2) is 44.8 Å². The Balaban J connectivity index is 1.43. The standard InChI is InChI=1S/C13H18N4O3S/c1-13(2)11(18)17(12(19)15-13)5-6-21-7-9-14-10(16-20-9)8-3-4-8/h8H,3-7H2,1-2H3,(H,15,19). The molecule has 1 saturated heterocycles. The maximum Gasteiger partial charge on any atom is 0.325 e. The smallest absolute Gasteiger partial charge is 0.325 e. The average molecular weight is 310 g/mol. The van der Waals surface area contributed by atoms with E-state index in [1.807, 2.05) is 0 Å². The van der Waals surface area contributed by atoms with E-state index in [-0.39, 0.29) is 11.9 Å². The predicted octanol–water partition coefficient (Wildman–Crippen LogP) is 1.51. The summed E-state index contributed by atoms with van der Waals surface area (Å²) in [5.74, 6) is 2.98. The molecule has 2 heterocycles. The van der Waals surface area contributed by atoms with E-state index in [0.29, 0.717) is 29.9 Å². The van der Waals surface area contributed by atoms with Gasteiger partial charge < -0.3 is 9.84 Å². The summed E-state index contributed by atoms with van der Waals surface area (Å²) < 4.78 is 5.17. The van der Waals surface area contributed by atoms with Crippen molar-refractivity contribution >= 4 is 23.7 Å². The fraction of sp³-hybridized carbons (Fsp3) is 0.692. The lowest BCUT2D eigenvalue weighted by Gasteiger charge is -2.15. The third-order valence-electron chi connectivity index (χ3n) is 3.56. The third kappa shape index (κ3) is 3.04. The van der Waals surface area contributed by atoms with Crippen molar-refractivity contribution in [3.05, 3.63) is 11.7 Å². The molecular weight excluding hydrogens is 292 g/mol. The zero-order chi connectivity index (χ0) is 15.0. The lowest BCUT2D eigenvalue weighted by atomic mass is 10.1. The van der Waals surface area contributed by atoms with Gasteiger partial charge in [-0.3, -0.25) is 9.69 Å². The number of thioether (sulfide) groups is 1. The van der Waals surface area contributed by atoms with E-state index in [1.165, 1.54) is 4.90 Å². The number of nitrogens with one attached hydrogen (secondary N) is 1. The van der Waals surface area contributed by atoms with Crippen LogP contribution in [0.15, 0.2) is 4.52 Å². The molecule has 0 spiro atoms. The number of aromatic nitrogens is 2. The fourth-order valence-corrected chi connectivity index (χ4v) is 2.92. The van der Waals surface area contributed by atoms with Crippen LogP contribution in [0.3, 0.4) is 0 Å². The first-order valence-electron chi connectivity index (χ1n) is 7.02. The molecule has 8 heteroatoms. The molecule has 21 heavy (non-hydrogen) atoms. The average Bonchev–Trinajstić information content (AvgIpc) is 3.12. The van der Waals surface area contributed by atoms with Gasteiger partial charge in [0.2, 0.25) is 5.89 Å². The normalized spacial score (nSPS) is 21.0. The van der Waals surface area contributed by atoms with Crippen LogP contribution < -0.4 is 5.32 Å². The number of hydrogen-bond acceptors (Lipinski definition) is 6. The van der Waals surface area contributed by atoms with Crippen molar-refractivity contribution < 1.29 is 14.1 Å². The van der Waals surface area contributed by atoms with Crippen LogP contribution in [0.5, 0.6) is 0 Å². The molecule has 1 saturated carbocycles. The molecule has 114 valence electrons. The second-order valence-electron chi connectivity index (χ2n) is 5.89. The van der Waals surface area contributed by atoms with E-state index in [2.05, 4.69) is 15.5 Å². The number of amides is 3. The number of imide groups is 1. The molecule has 1 aromatic rings. The number of carbonyl (C=O) groups is 2. The Morgan fingerprint density at radius 3 is 2.81 bits per heavy atom. The topological polar surface area (TPSA) is 88.3 Å². The van der Waals surface area contributed by atoms with Gasteiger partial charge in [-0.25, -0.2) is 4.79 Å². The zero-order valence-electron chi connectivity index (χ0n) is 12.1. The van der Waals surface area contributed by atoms with E-state index < -0.39 is 5.54 Å². The molecule has 3 rings (SSSR count). The minimum atomic E-state index is -0.798. The molecule has 7 nitrogen and oxygen atoms in total. The van der Waals surface area contributed by atoms with E-state index in [4.69, 9.17) is 4.52 Å². The summed E-state index contributed by atoms with van der Waals surface area (Å²) in [6, 6.07) is -0.320. The number of hydrogen-bond donors (Lipinski definition) is 1. The fourth-order valence-electron chi connectivity index (χ4n) is 2.17. The Hall–Kier alpha value is -1.57. The highest BCUT2D eigenvalue weighted by Crippen LogP contribution is 2.38. The van der Waals surface area contributed by atoms with Crippen molar-refractivity contribution in [2.24, 2.45) is 0 Å². The van der Waals surface area contributed by atoms with E-state index in [1.54, 1.807) is 25.6 Å². The molecule has 2 fully saturated rings. The van der Waals surface area contributed by atoms with Gasteiger partial charge in [0.1, 0.15) is 5.54 Å². The van der Waals surface area contributed by atoms with Crippen LogP contribution in [0.2, 0.25) is 0 Å². The highest BCUT2D eigenvalue weighted by Gasteiger charge is 2.43. The van der Waals surface area contributed by atoms with Gasteiger partial charge in [0.25, 0.3) is 5.91 Å². The lowest BCUT2D eigenvalue weighted by Crippen LogP contribution is -2.40. The van der Waals surface area contributed by atoms with Gasteiger partial charge in [0.05, 0.1) is 5.75 Å². The SMILES string of the molecule is CC1(C)NC(=O)N(CCSCc2nc(C3CC3)no2)C1=O. The van der Waals surface area contributed by atoms with Gasteiger partial charge in [-0.2, -0.15) is 16.7 Å². The maximum atomic E-state index is 12.0. The molecule has 0 unspecified atom stereocenters. The molecule has 1 aliphatic heterocycles. The van der Waals surface area contributed by atoms with Gasteiger partial charge in [-0.05, 0) is 26.7 Å². The van der Waals surface area contributed by atoms with Crippen molar-refractivity contribution in [1.82, 2.24) is 20.4 Å². The van der Waals surface area contributed by atoms with Crippen molar-refractivity contribution in [3.63, 3.8) is 0 Å². The first-order valence-corrected chi connectivity index (χ1v) is 8.17. The van der Waals surface area contributed by atoms with E-state index >= 15 is 0 Å². The minimum absolute atomic E-state index is 0.179. The van der Waals surface area contributed by atoms with Crippen molar-refractivity contribution in [2.75, 3.05) is 12.3 Å². The molecule has 2 aliphatic rings. The Labute approximate surface area is 126 Å². The molecule has 3 amide bonds. The third-order valence-corrected chi connectivity index (χ3v) is 4.48. The molecule has 0 radical (unpaired) electrons. The molecule has 1 N–H and O–H groups in total. The quantitative estimate of drug-likeness (QED) is 0.633. The minimum Gasteiger partial charge on any atom is -0.338 e. The first-order chi connectivity index (χ1) is 9.97. The number of rotatable bonds is 6. The number of nitrogens with zero attached hydrogens (tertiary/aromatic N) is 3. The second-order valence-corrected chi connectivity index (χ2v) is 6.99. The van der Waals surface area contributed by atoms with Crippen LogP contribution in [0.25, 0.3) is 0 Å². The summed E-state index contributed by atoms with van der Waals surface area (Å²) in [6.45, 7) is 3.80. The number of urea groups is 1. The van der Waals surface area contributed by atoms with Crippen LogP contribution >= 0.6 is 11.8 Å². The van der Waals surface area contributed by atoms with Crippen LogP contribution in [0.4, 0.5) is 4.79 Å². The van der Waals surface area contributed by atoms with Gasteiger partial charge >= 0.3 is 6.03 Å². The van der Waals surface area contributed by atoms with Crippen LogP contribution in [-0.2, 0) is 10.5 Å². The van der Waals surface area contributed by atoms with Gasteiger partial charge in [-0.15, -0.1) is 0 Å². The van der Waals surface area contributed by atoms with Crippen LogP contribution in [0, 0.1) is 0 Å². The Bertz CT molecular complexity index is 568. The summed E-state index contributed by atoms with van der Waals surface area (Å²) in [6.07, 6.45) is 2.29. The van der Waals surface area contributed by atoms with Crippen LogP contribution in [0.1, 0.15) is 44.3 Å². The van der Waals surface area contributed by atoms with Gasteiger partial charge in [-0.1, -0.05) is 5.16 Å². The molecule has 0 bridgehead atoms. The Kier molecular flexibility index (Phi) is 3.64. The van der Waals surface area contributed by atoms with Gasteiger partial charge in [0.15, 0.2) is 5.82 Å². The largest absolute Gasteiger partial charge is 0.338 e. The molecule has 0 aromatic carbocycles.